The summed E-state index contributed by atoms with van der Waals surface area (Å²) >= 11 is 0. The molecule has 1 aromatic carbocycles. The van der Waals surface area contributed by atoms with Gasteiger partial charge in [-0.3, -0.25) is 4.79 Å². The van der Waals surface area contributed by atoms with Gasteiger partial charge in [0.1, 0.15) is 6.61 Å². The Morgan fingerprint density at radius 1 is 1.16 bits per heavy atom. The van der Waals surface area contributed by atoms with Crippen molar-refractivity contribution in [2.24, 2.45) is 17.3 Å². The number of rotatable bonds is 6. The first kappa shape index (κ1) is 19.0. The molecule has 1 saturated carbocycles. The molecule has 2 nitrogen and oxygen atoms in total. The van der Waals surface area contributed by atoms with E-state index in [2.05, 4.69) is 6.58 Å². The fourth-order valence-corrected chi connectivity index (χ4v) is 2.80. The molecule has 0 aromatic heterocycles. The summed E-state index contributed by atoms with van der Waals surface area (Å²) in [5.74, 6) is -7.46. The van der Waals surface area contributed by atoms with Gasteiger partial charge in [-0.2, -0.15) is 0 Å². The van der Waals surface area contributed by atoms with E-state index < -0.39 is 47.3 Å². The molecule has 2 atom stereocenters. The normalized spacial score (nSPS) is 21.7. The minimum atomic E-state index is -1.56. The van der Waals surface area contributed by atoms with Gasteiger partial charge >= 0.3 is 5.97 Å². The van der Waals surface area contributed by atoms with Gasteiger partial charge in [-0.1, -0.05) is 50.8 Å². The van der Waals surface area contributed by atoms with Crippen LogP contribution in [0, 0.1) is 40.5 Å². The van der Waals surface area contributed by atoms with E-state index in [1.165, 1.54) is 0 Å². The standard InChI is InChI=1S/C19H18F4O2/c1-4-5-6-7-8-12-15(19(12,2)3)18(24)25-10-11-16(22)13(20)9-14(21)17(11)23/h4-9,12,15H,1,10H2,2-3H3/b6-5+,8-7+/t12-,15+/m1/s1. The Balaban J connectivity index is 2.05. The highest BCUT2D eigenvalue weighted by Gasteiger charge is 2.61. The van der Waals surface area contributed by atoms with E-state index in [0.29, 0.717) is 0 Å². The van der Waals surface area contributed by atoms with Gasteiger partial charge in [-0.05, 0) is 11.3 Å². The minimum absolute atomic E-state index is 0.103. The second kappa shape index (κ2) is 7.25. The number of allylic oxidation sites excluding steroid dienone is 5. The minimum Gasteiger partial charge on any atom is -0.460 e. The van der Waals surface area contributed by atoms with Crippen LogP contribution in [0.3, 0.4) is 0 Å². The molecule has 2 rings (SSSR count). The van der Waals surface area contributed by atoms with Crippen LogP contribution in [-0.4, -0.2) is 5.97 Å². The second-order valence-electron chi connectivity index (χ2n) is 6.38. The number of benzene rings is 1. The van der Waals surface area contributed by atoms with Gasteiger partial charge in [0.05, 0.1) is 11.5 Å². The Hall–Kier alpha value is -2.37. The van der Waals surface area contributed by atoms with Gasteiger partial charge in [0, 0.05) is 6.07 Å². The van der Waals surface area contributed by atoms with Crippen LogP contribution in [0.25, 0.3) is 0 Å². The predicted octanol–water partition coefficient (Wildman–Crippen LogP) is 4.86. The number of ether oxygens (including phenoxy) is 1. The van der Waals surface area contributed by atoms with E-state index in [1.54, 1.807) is 24.3 Å². The molecule has 0 unspecified atom stereocenters. The van der Waals surface area contributed by atoms with E-state index in [4.69, 9.17) is 4.74 Å². The fourth-order valence-electron chi connectivity index (χ4n) is 2.80. The predicted molar refractivity (Wildman–Crippen MR) is 85.3 cm³/mol. The molecule has 134 valence electrons. The molecule has 0 N–H and O–H groups in total. The Morgan fingerprint density at radius 3 is 2.32 bits per heavy atom. The molecule has 1 aliphatic carbocycles. The molecule has 0 amide bonds. The van der Waals surface area contributed by atoms with Crippen molar-refractivity contribution in [1.82, 2.24) is 0 Å². The molecule has 6 heteroatoms. The third-order valence-corrected chi connectivity index (χ3v) is 4.40. The zero-order valence-corrected chi connectivity index (χ0v) is 13.9. The first-order valence-corrected chi connectivity index (χ1v) is 7.66. The summed E-state index contributed by atoms with van der Waals surface area (Å²) in [5.41, 5.74) is -1.31. The highest BCUT2D eigenvalue weighted by molar-refractivity contribution is 5.78. The number of carbonyl (C=O) groups is 1. The molecule has 0 bridgehead atoms. The summed E-state index contributed by atoms with van der Waals surface area (Å²) in [6, 6.07) is 0.109. The van der Waals surface area contributed by atoms with E-state index in [-0.39, 0.29) is 17.4 Å². The van der Waals surface area contributed by atoms with Gasteiger partial charge in [0.25, 0.3) is 0 Å². The van der Waals surface area contributed by atoms with Crippen molar-refractivity contribution in [2.45, 2.75) is 20.5 Å². The topological polar surface area (TPSA) is 26.3 Å². The van der Waals surface area contributed by atoms with Crippen LogP contribution >= 0.6 is 0 Å². The Morgan fingerprint density at radius 2 is 1.76 bits per heavy atom. The molecule has 1 aliphatic rings. The van der Waals surface area contributed by atoms with Crippen molar-refractivity contribution in [3.05, 3.63) is 71.9 Å². The van der Waals surface area contributed by atoms with Gasteiger partial charge < -0.3 is 4.74 Å². The first-order chi connectivity index (χ1) is 11.7. The second-order valence-corrected chi connectivity index (χ2v) is 6.38. The lowest BCUT2D eigenvalue weighted by molar-refractivity contribution is -0.147. The monoisotopic (exact) mass is 354 g/mol. The van der Waals surface area contributed by atoms with Crippen LogP contribution in [0.4, 0.5) is 17.6 Å². The summed E-state index contributed by atoms with van der Waals surface area (Å²) in [5, 5.41) is 0. The van der Waals surface area contributed by atoms with Crippen molar-refractivity contribution in [2.75, 3.05) is 0 Å². The summed E-state index contributed by atoms with van der Waals surface area (Å²) in [6.07, 6.45) is 8.68. The van der Waals surface area contributed by atoms with Crippen molar-refractivity contribution >= 4 is 5.97 Å². The molecule has 0 spiro atoms. The highest BCUT2D eigenvalue weighted by Crippen LogP contribution is 2.59. The van der Waals surface area contributed by atoms with Crippen LogP contribution in [-0.2, 0) is 16.1 Å². The number of hydrogen-bond donors (Lipinski definition) is 0. The van der Waals surface area contributed by atoms with Crippen molar-refractivity contribution in [3.8, 4) is 0 Å². The molecular weight excluding hydrogens is 336 g/mol. The smallest absolute Gasteiger partial charge is 0.310 e. The first-order valence-electron chi connectivity index (χ1n) is 7.66. The summed E-state index contributed by atoms with van der Waals surface area (Å²) < 4.78 is 58.4. The average molecular weight is 354 g/mol. The van der Waals surface area contributed by atoms with E-state index in [0.717, 1.165) is 0 Å². The zero-order chi connectivity index (χ0) is 18.8. The number of esters is 1. The summed E-state index contributed by atoms with van der Waals surface area (Å²) in [4.78, 5) is 12.2. The van der Waals surface area contributed by atoms with E-state index >= 15 is 0 Å². The highest BCUT2D eigenvalue weighted by atomic mass is 19.2. The number of halogens is 4. The molecule has 0 aliphatic heterocycles. The van der Waals surface area contributed by atoms with Crippen LogP contribution in [0.1, 0.15) is 19.4 Å². The Bertz CT molecular complexity index is 724. The van der Waals surface area contributed by atoms with Crippen LogP contribution in [0.2, 0.25) is 0 Å². The summed E-state index contributed by atoms with van der Waals surface area (Å²) in [6.45, 7) is 6.38. The van der Waals surface area contributed by atoms with Crippen molar-refractivity contribution in [3.63, 3.8) is 0 Å². The Labute approximate surface area is 143 Å². The fraction of sp³-hybridized carbons (Fsp3) is 0.316. The SMILES string of the molecule is C=C/C=C/C=C/[C@@H]1[C@@H](C(=O)OCc2c(F)c(F)cc(F)c2F)C1(C)C. The third kappa shape index (κ3) is 3.83. The van der Waals surface area contributed by atoms with Gasteiger partial charge in [-0.15, -0.1) is 0 Å². The van der Waals surface area contributed by atoms with E-state index in [9.17, 15) is 22.4 Å². The quantitative estimate of drug-likeness (QED) is 0.316. The molecule has 0 saturated heterocycles. The maximum Gasteiger partial charge on any atom is 0.310 e. The lowest BCUT2D eigenvalue weighted by Crippen LogP contribution is -2.13. The van der Waals surface area contributed by atoms with Crippen molar-refractivity contribution < 1.29 is 27.1 Å². The number of hydrogen-bond acceptors (Lipinski definition) is 2. The lowest BCUT2D eigenvalue weighted by atomic mass is 10.1. The molecule has 0 heterocycles. The van der Waals surface area contributed by atoms with Gasteiger partial charge in [0.15, 0.2) is 23.3 Å². The number of carbonyl (C=O) groups excluding carboxylic acids is 1. The van der Waals surface area contributed by atoms with Gasteiger partial charge in [-0.25, -0.2) is 17.6 Å². The molecular formula is C19H18F4O2. The molecule has 25 heavy (non-hydrogen) atoms. The van der Waals surface area contributed by atoms with Crippen LogP contribution < -0.4 is 0 Å². The largest absolute Gasteiger partial charge is 0.460 e. The average Bonchev–Trinajstić information content (AvgIpc) is 3.10. The molecule has 1 aromatic rings. The Kier molecular flexibility index (Phi) is 5.50. The van der Waals surface area contributed by atoms with E-state index in [1.807, 2.05) is 19.9 Å². The van der Waals surface area contributed by atoms with Crippen molar-refractivity contribution in [1.29, 1.82) is 0 Å². The lowest BCUT2D eigenvalue weighted by Gasteiger charge is -2.09. The van der Waals surface area contributed by atoms with Crippen LogP contribution in [0.5, 0.6) is 0 Å². The third-order valence-electron chi connectivity index (χ3n) is 4.40. The molecule has 1 fully saturated rings. The molecule has 0 radical (unpaired) electrons. The maximum absolute atomic E-state index is 13.6. The van der Waals surface area contributed by atoms with Crippen LogP contribution in [0.15, 0.2) is 43.0 Å². The zero-order valence-electron chi connectivity index (χ0n) is 13.9. The maximum atomic E-state index is 13.6. The van der Waals surface area contributed by atoms with Gasteiger partial charge in [0.2, 0.25) is 0 Å². The summed E-state index contributed by atoms with van der Waals surface area (Å²) in [7, 11) is 0.